The van der Waals surface area contributed by atoms with E-state index in [-0.39, 0.29) is 13.1 Å². The number of carbonyl (C=O) groups excluding carboxylic acids is 1. The van der Waals surface area contributed by atoms with Gasteiger partial charge < -0.3 is 9.64 Å². The van der Waals surface area contributed by atoms with Gasteiger partial charge in [0.05, 0.1) is 4.11 Å². The summed E-state index contributed by atoms with van der Waals surface area (Å²) in [6, 6.07) is 0. The van der Waals surface area contributed by atoms with Crippen LogP contribution >= 0.6 is 0 Å². The average molecular weight is 286 g/mol. The lowest BCUT2D eigenvalue weighted by Crippen LogP contribution is -2.55. The fraction of sp³-hybridized carbons (Fsp3) is 0.917. The molecule has 112 valence electrons. The molecule has 1 aliphatic rings. The van der Waals surface area contributed by atoms with Crippen molar-refractivity contribution in [2.24, 2.45) is 0 Å². The van der Waals surface area contributed by atoms with Gasteiger partial charge in [0, 0.05) is 33.0 Å². The first kappa shape index (κ1) is 10.8. The Morgan fingerprint density at radius 2 is 1.95 bits per heavy atom. The Labute approximate surface area is 117 Å². The van der Waals surface area contributed by atoms with Crippen molar-refractivity contribution in [2.75, 3.05) is 26.1 Å². The summed E-state index contributed by atoms with van der Waals surface area (Å²) in [6.45, 7) is 1.48. The smallest absolute Gasteiger partial charge is 0.425 e. The topological polar surface area (TPSA) is 32.8 Å². The number of carbonyl (C=O) groups is 1. The number of halogens is 3. The zero-order valence-corrected chi connectivity index (χ0v) is 11.3. The van der Waals surface area contributed by atoms with Crippen LogP contribution in [0.25, 0.3) is 0 Å². The molecule has 1 fully saturated rings. The number of rotatable bonds is 1. The van der Waals surface area contributed by atoms with Crippen LogP contribution in [0.4, 0.5) is 18.0 Å². The number of ether oxygens (including phenoxy) is 1. The van der Waals surface area contributed by atoms with E-state index in [4.69, 9.17) is 5.48 Å². The van der Waals surface area contributed by atoms with Crippen LogP contribution in [-0.4, -0.2) is 59.8 Å². The average Bonchev–Trinajstić information content (AvgIpc) is 2.28. The fourth-order valence-corrected chi connectivity index (χ4v) is 1.39. The largest absolute Gasteiger partial charge is 0.437 e. The van der Waals surface area contributed by atoms with E-state index in [0.29, 0.717) is 11.8 Å². The molecule has 1 heterocycles. The quantitative estimate of drug-likeness (QED) is 0.742. The van der Waals surface area contributed by atoms with Gasteiger partial charge in [0.15, 0.2) is 6.08 Å². The molecule has 7 heteroatoms. The molecule has 4 nitrogen and oxygen atoms in total. The first-order valence-electron chi connectivity index (χ1n) is 7.86. The van der Waals surface area contributed by atoms with Crippen LogP contribution in [0, 0.1) is 0 Å². The number of alkyl halides is 3. The number of nitrogens with zero attached hydrogens (tertiary/aromatic N) is 2. The monoisotopic (exact) mass is 286 g/mol. The first-order valence-corrected chi connectivity index (χ1v) is 5.78. The zero-order valence-electron chi connectivity index (χ0n) is 15.3. The van der Waals surface area contributed by atoms with Crippen molar-refractivity contribution >= 4 is 6.09 Å². The molecule has 0 radical (unpaired) electrons. The lowest BCUT2D eigenvalue weighted by Gasteiger charge is -2.42. The molecule has 0 bridgehead atoms. The van der Waals surface area contributed by atoms with Gasteiger partial charge in [-0.2, -0.15) is 13.2 Å². The van der Waals surface area contributed by atoms with Crippen molar-refractivity contribution in [3.05, 3.63) is 0 Å². The molecule has 0 N–H and O–H groups in total. The molecule has 0 aliphatic carbocycles. The van der Waals surface area contributed by atoms with E-state index >= 15 is 0 Å². The Morgan fingerprint density at radius 3 is 2.42 bits per heavy atom. The molecule has 1 saturated heterocycles. The predicted octanol–water partition coefficient (Wildman–Crippen LogP) is 2.49. The van der Waals surface area contributed by atoms with E-state index in [1.807, 2.05) is 0 Å². The van der Waals surface area contributed by atoms with E-state index in [1.165, 1.54) is 4.90 Å². The van der Waals surface area contributed by atoms with Crippen LogP contribution in [0.5, 0.6) is 0 Å². The summed E-state index contributed by atoms with van der Waals surface area (Å²) in [5, 5.41) is 0. The van der Waals surface area contributed by atoms with Gasteiger partial charge in [-0.3, -0.25) is 4.90 Å². The molecule has 19 heavy (non-hydrogen) atoms. The van der Waals surface area contributed by atoms with Crippen LogP contribution in [0.1, 0.15) is 33.2 Å². The molecule has 1 amide bonds. The molecule has 0 spiro atoms. The Kier molecular flexibility index (Phi) is 3.15. The summed E-state index contributed by atoms with van der Waals surface area (Å²) in [6.07, 6.45) is -10.2. The SMILES string of the molecule is [2H]C1N(C(C)(C)C)CCN(C(=O)OC([2H])(C)C(F)(F)F)C1([2H])[2H]. The molecule has 0 aromatic rings. The minimum absolute atomic E-state index is 0.104. The summed E-state index contributed by atoms with van der Waals surface area (Å²) in [7, 11) is 0. The van der Waals surface area contributed by atoms with Gasteiger partial charge in [-0.1, -0.05) is 0 Å². The highest BCUT2D eigenvalue weighted by Crippen LogP contribution is 2.23. The van der Waals surface area contributed by atoms with Crippen molar-refractivity contribution < 1.29 is 28.2 Å². The van der Waals surface area contributed by atoms with Crippen LogP contribution in [0.3, 0.4) is 0 Å². The third-order valence-electron chi connectivity index (χ3n) is 2.66. The highest BCUT2D eigenvalue weighted by Gasteiger charge is 2.40. The van der Waals surface area contributed by atoms with Crippen molar-refractivity contribution in [3.8, 4) is 0 Å². The van der Waals surface area contributed by atoms with E-state index < -0.39 is 36.9 Å². The third kappa shape index (κ3) is 4.56. The first-order chi connectivity index (χ1) is 10.0. The molecule has 0 aromatic carbocycles. The summed E-state index contributed by atoms with van der Waals surface area (Å²) < 4.78 is 72.9. The van der Waals surface area contributed by atoms with E-state index in [2.05, 4.69) is 4.74 Å². The van der Waals surface area contributed by atoms with Crippen LogP contribution in [0.2, 0.25) is 0 Å². The van der Waals surface area contributed by atoms with Crippen molar-refractivity contribution in [1.82, 2.24) is 9.80 Å². The Hall–Kier alpha value is -0.980. The molecule has 2 atom stereocenters. The summed E-state index contributed by atoms with van der Waals surface area (Å²) in [5.41, 5.74) is -0.550. The maximum Gasteiger partial charge on any atom is 0.425 e. The Balaban J connectivity index is 2.97. The van der Waals surface area contributed by atoms with Crippen LogP contribution < -0.4 is 0 Å². The van der Waals surface area contributed by atoms with Gasteiger partial charge >= 0.3 is 12.3 Å². The van der Waals surface area contributed by atoms with Crippen molar-refractivity contribution in [1.29, 1.82) is 0 Å². The lowest BCUT2D eigenvalue weighted by atomic mass is 10.1. The normalized spacial score (nSPS) is 31.5. The molecular formula is C12H21F3N2O2. The maximum absolute atomic E-state index is 12.6. The zero-order chi connectivity index (χ0) is 18.4. The van der Waals surface area contributed by atoms with Gasteiger partial charge in [0.25, 0.3) is 0 Å². The predicted molar refractivity (Wildman–Crippen MR) is 64.9 cm³/mol. The van der Waals surface area contributed by atoms with E-state index in [1.54, 1.807) is 20.8 Å². The van der Waals surface area contributed by atoms with Gasteiger partial charge in [0.1, 0.15) is 0 Å². The van der Waals surface area contributed by atoms with Gasteiger partial charge in [-0.15, -0.1) is 0 Å². The standard InChI is InChI=1S/C12H21F3N2O2/c1-9(12(13,14)15)19-10(18)16-5-7-17(8-6-16)11(2,3)4/h9H,5-8H2,1-4H3/i5D2,7D,9D. The highest BCUT2D eigenvalue weighted by molar-refractivity contribution is 5.68. The van der Waals surface area contributed by atoms with Crippen LogP contribution in [0.15, 0.2) is 0 Å². The number of piperazine rings is 1. The molecule has 1 aliphatic heterocycles. The minimum atomic E-state index is -5.11. The fourth-order valence-electron chi connectivity index (χ4n) is 1.39. The van der Waals surface area contributed by atoms with Gasteiger partial charge in [0.2, 0.25) is 0 Å². The Bertz CT molecular complexity index is 466. The summed E-state index contributed by atoms with van der Waals surface area (Å²) >= 11 is 0. The second-order valence-corrected chi connectivity index (χ2v) is 5.20. The maximum atomic E-state index is 12.6. The third-order valence-corrected chi connectivity index (χ3v) is 2.66. The van der Waals surface area contributed by atoms with Crippen molar-refractivity contribution in [3.63, 3.8) is 0 Å². The number of amides is 1. The molecule has 1 rings (SSSR count). The van der Waals surface area contributed by atoms with E-state index in [9.17, 15) is 18.0 Å². The minimum Gasteiger partial charge on any atom is -0.437 e. The Morgan fingerprint density at radius 1 is 1.37 bits per heavy atom. The highest BCUT2D eigenvalue weighted by atomic mass is 19.4. The number of hydrogen-bond acceptors (Lipinski definition) is 3. The lowest BCUT2D eigenvalue weighted by molar-refractivity contribution is -0.200. The second kappa shape index (κ2) is 5.56. The summed E-state index contributed by atoms with van der Waals surface area (Å²) in [4.78, 5) is 13.9. The molecule has 0 saturated carbocycles. The molecule has 0 aromatic heterocycles. The van der Waals surface area contributed by atoms with Gasteiger partial charge in [-0.25, -0.2) is 4.79 Å². The van der Waals surface area contributed by atoms with E-state index in [0.717, 1.165) is 0 Å². The molecule has 2 unspecified atom stereocenters. The van der Waals surface area contributed by atoms with Crippen LogP contribution in [-0.2, 0) is 4.74 Å². The van der Waals surface area contributed by atoms with Crippen molar-refractivity contribution in [2.45, 2.75) is 45.5 Å². The van der Waals surface area contributed by atoms with Gasteiger partial charge in [-0.05, 0) is 27.7 Å². The second-order valence-electron chi connectivity index (χ2n) is 5.20. The molecular weight excluding hydrogens is 261 g/mol. The summed E-state index contributed by atoms with van der Waals surface area (Å²) in [5.74, 6) is 0. The number of hydrogen-bond donors (Lipinski definition) is 0.